The minimum Gasteiger partial charge on any atom is -0.0622 e. The molecule has 0 heteroatoms. The van der Waals surface area contributed by atoms with Gasteiger partial charge in [-0.2, -0.15) is 0 Å². The van der Waals surface area contributed by atoms with Gasteiger partial charge in [-0.25, -0.2) is 0 Å². The predicted molar refractivity (Wildman–Crippen MR) is 95.8 cm³/mol. The number of hydrogen-bond acceptors (Lipinski definition) is 0. The Labute approximate surface area is 132 Å². The molecule has 0 unspecified atom stereocenters. The summed E-state index contributed by atoms with van der Waals surface area (Å²) in [5, 5.41) is 0. The minimum absolute atomic E-state index is 1.24. The van der Waals surface area contributed by atoms with Crippen molar-refractivity contribution in [1.82, 2.24) is 0 Å². The molecule has 0 fully saturated rings. The molecule has 3 rings (SSSR count). The van der Waals surface area contributed by atoms with E-state index < -0.39 is 0 Å². The number of hydrogen-bond donors (Lipinski definition) is 0. The van der Waals surface area contributed by atoms with Gasteiger partial charge in [0.1, 0.15) is 0 Å². The van der Waals surface area contributed by atoms with E-state index in [1.165, 1.54) is 33.4 Å². The first-order chi connectivity index (χ1) is 10.7. The first-order valence-electron chi connectivity index (χ1n) is 7.63. The quantitative estimate of drug-likeness (QED) is 0.526. The molecule has 0 heterocycles. The lowest BCUT2D eigenvalue weighted by Gasteiger charge is -2.10. The fraction of sp³-hybridized carbons (Fsp3) is 0.0909. The van der Waals surface area contributed by atoms with Crippen LogP contribution in [0.5, 0.6) is 0 Å². The Hall–Kier alpha value is -2.60. The van der Waals surface area contributed by atoms with Crippen LogP contribution < -0.4 is 0 Å². The summed E-state index contributed by atoms with van der Waals surface area (Å²) in [4.78, 5) is 0. The Bertz CT molecular complexity index is 795. The largest absolute Gasteiger partial charge is 0.0622 e. The molecule has 0 nitrogen and oxygen atoms in total. The number of aryl methyl sites for hydroxylation is 2. The standard InChI is InChI=1S/C22H20/c1-17-8-6-10-19(14-17)16-22(20-11-4-3-5-12-20)21-13-7-9-18(2)15-21/h3-16H,1-2H3/b22-16-. The van der Waals surface area contributed by atoms with Crippen LogP contribution in [0.3, 0.4) is 0 Å². The summed E-state index contributed by atoms with van der Waals surface area (Å²) in [7, 11) is 0. The van der Waals surface area contributed by atoms with Crippen LogP contribution in [0.2, 0.25) is 0 Å². The molecule has 0 radical (unpaired) electrons. The number of benzene rings is 3. The van der Waals surface area contributed by atoms with Crippen LogP contribution in [0.4, 0.5) is 0 Å². The van der Waals surface area contributed by atoms with E-state index in [0.29, 0.717) is 0 Å². The zero-order chi connectivity index (χ0) is 15.4. The average Bonchev–Trinajstić information content (AvgIpc) is 2.53. The Balaban J connectivity index is 2.15. The van der Waals surface area contributed by atoms with Crippen LogP contribution in [-0.4, -0.2) is 0 Å². The van der Waals surface area contributed by atoms with Gasteiger partial charge in [-0.3, -0.25) is 0 Å². The fourth-order valence-corrected chi connectivity index (χ4v) is 2.69. The molecule has 0 aliphatic carbocycles. The predicted octanol–water partition coefficient (Wildman–Crippen LogP) is 5.89. The molecule has 3 aromatic rings. The number of rotatable bonds is 3. The summed E-state index contributed by atoms with van der Waals surface area (Å²) in [5.74, 6) is 0. The third-order valence-corrected chi connectivity index (χ3v) is 3.77. The molecule has 0 spiro atoms. The summed E-state index contributed by atoms with van der Waals surface area (Å²) < 4.78 is 0. The SMILES string of the molecule is Cc1cccc(/C=C(/c2ccccc2)c2cccc(C)c2)c1. The highest BCUT2D eigenvalue weighted by Gasteiger charge is 2.05. The van der Waals surface area contributed by atoms with E-state index in [1.807, 2.05) is 0 Å². The van der Waals surface area contributed by atoms with E-state index >= 15 is 0 Å². The zero-order valence-corrected chi connectivity index (χ0v) is 13.1. The van der Waals surface area contributed by atoms with Crippen LogP contribution in [0.25, 0.3) is 11.6 Å². The summed E-state index contributed by atoms with van der Waals surface area (Å²) in [6.45, 7) is 4.27. The lowest BCUT2D eigenvalue weighted by molar-refractivity contribution is 1.43. The third kappa shape index (κ3) is 3.35. The highest BCUT2D eigenvalue weighted by Crippen LogP contribution is 2.26. The van der Waals surface area contributed by atoms with Crippen molar-refractivity contribution in [1.29, 1.82) is 0 Å². The van der Waals surface area contributed by atoms with E-state index in [9.17, 15) is 0 Å². The molecule has 22 heavy (non-hydrogen) atoms. The van der Waals surface area contributed by atoms with Gasteiger partial charge in [0.2, 0.25) is 0 Å². The lowest BCUT2D eigenvalue weighted by Crippen LogP contribution is -1.89. The van der Waals surface area contributed by atoms with Crippen LogP contribution in [0.1, 0.15) is 27.8 Å². The zero-order valence-electron chi connectivity index (χ0n) is 13.1. The van der Waals surface area contributed by atoms with Crippen molar-refractivity contribution in [3.63, 3.8) is 0 Å². The summed E-state index contributed by atoms with van der Waals surface area (Å²) in [6, 6.07) is 27.9. The Morgan fingerprint density at radius 2 is 1.27 bits per heavy atom. The Morgan fingerprint density at radius 1 is 0.636 bits per heavy atom. The van der Waals surface area contributed by atoms with Gasteiger partial charge in [-0.05, 0) is 42.2 Å². The summed E-state index contributed by atoms with van der Waals surface area (Å²) in [5.41, 5.74) is 7.56. The topological polar surface area (TPSA) is 0 Å². The second kappa shape index (κ2) is 6.44. The molecule has 0 aliphatic heterocycles. The molecule has 0 saturated heterocycles. The van der Waals surface area contributed by atoms with Crippen molar-refractivity contribution >= 4 is 11.6 Å². The van der Waals surface area contributed by atoms with Gasteiger partial charge in [0.15, 0.2) is 0 Å². The van der Waals surface area contributed by atoms with Gasteiger partial charge in [-0.15, -0.1) is 0 Å². The van der Waals surface area contributed by atoms with Crippen molar-refractivity contribution in [3.05, 3.63) is 107 Å². The van der Waals surface area contributed by atoms with Crippen molar-refractivity contribution in [2.45, 2.75) is 13.8 Å². The second-order valence-corrected chi connectivity index (χ2v) is 5.71. The van der Waals surface area contributed by atoms with E-state index in [2.05, 4.69) is 98.8 Å². The molecule has 0 N–H and O–H groups in total. The maximum atomic E-state index is 2.27. The molecule has 0 atom stereocenters. The highest BCUT2D eigenvalue weighted by atomic mass is 14.1. The minimum atomic E-state index is 1.24. The second-order valence-electron chi connectivity index (χ2n) is 5.71. The molecule has 108 valence electrons. The fourth-order valence-electron chi connectivity index (χ4n) is 2.69. The van der Waals surface area contributed by atoms with Crippen LogP contribution >= 0.6 is 0 Å². The van der Waals surface area contributed by atoms with Crippen molar-refractivity contribution in [3.8, 4) is 0 Å². The van der Waals surface area contributed by atoms with Gasteiger partial charge in [0.25, 0.3) is 0 Å². The van der Waals surface area contributed by atoms with E-state index in [4.69, 9.17) is 0 Å². The van der Waals surface area contributed by atoms with Gasteiger partial charge in [0, 0.05) is 0 Å². The van der Waals surface area contributed by atoms with Crippen molar-refractivity contribution in [2.75, 3.05) is 0 Å². The third-order valence-electron chi connectivity index (χ3n) is 3.77. The van der Waals surface area contributed by atoms with E-state index in [-0.39, 0.29) is 0 Å². The molecule has 0 aromatic heterocycles. The average molecular weight is 284 g/mol. The monoisotopic (exact) mass is 284 g/mol. The van der Waals surface area contributed by atoms with Gasteiger partial charge in [0.05, 0.1) is 0 Å². The molecule has 0 saturated carbocycles. The Morgan fingerprint density at radius 3 is 1.95 bits per heavy atom. The molecule has 0 bridgehead atoms. The molecular weight excluding hydrogens is 264 g/mol. The molecular formula is C22H20. The van der Waals surface area contributed by atoms with E-state index in [0.717, 1.165) is 0 Å². The highest BCUT2D eigenvalue weighted by molar-refractivity contribution is 5.91. The Kier molecular flexibility index (Phi) is 4.20. The van der Waals surface area contributed by atoms with Crippen LogP contribution in [0.15, 0.2) is 78.9 Å². The van der Waals surface area contributed by atoms with Crippen LogP contribution in [0, 0.1) is 13.8 Å². The molecule has 0 aliphatic rings. The maximum Gasteiger partial charge on any atom is -0.0105 e. The van der Waals surface area contributed by atoms with E-state index in [1.54, 1.807) is 0 Å². The normalized spacial score (nSPS) is 11.5. The smallest absolute Gasteiger partial charge is 0.0105 e. The van der Waals surface area contributed by atoms with Gasteiger partial charge in [-0.1, -0.05) is 90.0 Å². The van der Waals surface area contributed by atoms with Gasteiger partial charge >= 0.3 is 0 Å². The molecule has 3 aromatic carbocycles. The summed E-state index contributed by atoms with van der Waals surface area (Å²) in [6.07, 6.45) is 2.27. The summed E-state index contributed by atoms with van der Waals surface area (Å²) >= 11 is 0. The van der Waals surface area contributed by atoms with Gasteiger partial charge < -0.3 is 0 Å². The van der Waals surface area contributed by atoms with Crippen molar-refractivity contribution < 1.29 is 0 Å². The lowest BCUT2D eigenvalue weighted by atomic mass is 9.94. The van der Waals surface area contributed by atoms with Crippen molar-refractivity contribution in [2.24, 2.45) is 0 Å². The van der Waals surface area contributed by atoms with Crippen LogP contribution in [-0.2, 0) is 0 Å². The molecule has 0 amide bonds. The first kappa shape index (κ1) is 14.3. The first-order valence-corrected chi connectivity index (χ1v) is 7.63. The maximum absolute atomic E-state index is 2.27.